The standard InChI is InChI=1S/C18H23N3O/c1-5-20(6-2)17-9-7-16(8-10-17)13-19-21-15(4)11-14(3)12-18(21)22/h7-13H,5-6H2,1-4H3/b19-13-. The number of hydrogen-bond acceptors (Lipinski definition) is 3. The van der Waals surface area contributed by atoms with E-state index in [0.29, 0.717) is 0 Å². The molecular formula is C18H23N3O. The number of aromatic nitrogens is 1. The molecule has 0 aliphatic heterocycles. The summed E-state index contributed by atoms with van der Waals surface area (Å²) in [5.41, 5.74) is 3.86. The minimum atomic E-state index is -0.103. The molecule has 0 radical (unpaired) electrons. The van der Waals surface area contributed by atoms with Gasteiger partial charge in [0.05, 0.1) is 6.21 Å². The lowest BCUT2D eigenvalue weighted by atomic mass is 10.2. The molecule has 1 aromatic heterocycles. The molecule has 0 aliphatic rings. The summed E-state index contributed by atoms with van der Waals surface area (Å²) in [6, 6.07) is 11.7. The van der Waals surface area contributed by atoms with Gasteiger partial charge in [-0.05, 0) is 57.0 Å². The summed E-state index contributed by atoms with van der Waals surface area (Å²) in [7, 11) is 0. The van der Waals surface area contributed by atoms with Crippen molar-refractivity contribution in [1.29, 1.82) is 0 Å². The molecule has 0 N–H and O–H groups in total. The van der Waals surface area contributed by atoms with E-state index in [1.54, 1.807) is 12.3 Å². The van der Waals surface area contributed by atoms with E-state index in [9.17, 15) is 4.79 Å². The van der Waals surface area contributed by atoms with Gasteiger partial charge >= 0.3 is 0 Å². The van der Waals surface area contributed by atoms with Gasteiger partial charge in [-0.2, -0.15) is 5.10 Å². The monoisotopic (exact) mass is 297 g/mol. The highest BCUT2D eigenvalue weighted by molar-refractivity contribution is 5.80. The van der Waals surface area contributed by atoms with Crippen molar-refractivity contribution >= 4 is 11.9 Å². The van der Waals surface area contributed by atoms with Gasteiger partial charge in [-0.3, -0.25) is 4.79 Å². The smallest absolute Gasteiger partial charge is 0.271 e. The Morgan fingerprint density at radius 2 is 1.73 bits per heavy atom. The van der Waals surface area contributed by atoms with E-state index in [1.165, 1.54) is 10.4 Å². The highest BCUT2D eigenvalue weighted by Gasteiger charge is 2.01. The lowest BCUT2D eigenvalue weighted by molar-refractivity contribution is 0.791. The Labute approximate surface area is 131 Å². The number of pyridine rings is 1. The molecule has 1 aromatic carbocycles. The van der Waals surface area contributed by atoms with Gasteiger partial charge < -0.3 is 4.90 Å². The fourth-order valence-corrected chi connectivity index (χ4v) is 2.49. The van der Waals surface area contributed by atoms with E-state index in [1.807, 2.05) is 32.0 Å². The van der Waals surface area contributed by atoms with Crippen molar-refractivity contribution in [2.24, 2.45) is 5.10 Å². The summed E-state index contributed by atoms with van der Waals surface area (Å²) < 4.78 is 1.42. The largest absolute Gasteiger partial charge is 0.372 e. The third kappa shape index (κ3) is 3.64. The van der Waals surface area contributed by atoms with Crippen LogP contribution in [0.2, 0.25) is 0 Å². The van der Waals surface area contributed by atoms with Crippen molar-refractivity contribution in [2.75, 3.05) is 18.0 Å². The Morgan fingerprint density at radius 3 is 2.27 bits per heavy atom. The number of nitrogens with zero attached hydrogens (tertiary/aromatic N) is 3. The lowest BCUT2D eigenvalue weighted by Gasteiger charge is -2.20. The molecule has 0 saturated carbocycles. The van der Waals surface area contributed by atoms with Crippen molar-refractivity contribution in [1.82, 2.24) is 4.68 Å². The molecule has 0 unspecified atom stereocenters. The van der Waals surface area contributed by atoms with Crippen molar-refractivity contribution in [3.05, 3.63) is 63.6 Å². The number of aryl methyl sites for hydroxylation is 2. The molecule has 0 saturated heterocycles. The van der Waals surface area contributed by atoms with Crippen LogP contribution in [-0.4, -0.2) is 24.0 Å². The van der Waals surface area contributed by atoms with Crippen molar-refractivity contribution in [2.45, 2.75) is 27.7 Å². The van der Waals surface area contributed by atoms with Crippen LogP contribution in [0.1, 0.15) is 30.7 Å². The molecular weight excluding hydrogens is 274 g/mol. The van der Waals surface area contributed by atoms with Crippen LogP contribution in [0.4, 0.5) is 5.69 Å². The Balaban J connectivity index is 2.23. The lowest BCUT2D eigenvalue weighted by Crippen LogP contribution is -2.21. The zero-order valence-electron chi connectivity index (χ0n) is 13.7. The van der Waals surface area contributed by atoms with E-state index in [-0.39, 0.29) is 5.56 Å². The van der Waals surface area contributed by atoms with Crippen molar-refractivity contribution in [3.8, 4) is 0 Å². The average Bonchev–Trinajstić information content (AvgIpc) is 2.49. The number of anilines is 1. The first kappa shape index (κ1) is 16.0. The van der Waals surface area contributed by atoms with Gasteiger partial charge in [0.1, 0.15) is 0 Å². The number of hydrogen-bond donors (Lipinski definition) is 0. The van der Waals surface area contributed by atoms with Gasteiger partial charge in [0.25, 0.3) is 5.56 Å². The Bertz CT molecular complexity index is 710. The number of rotatable bonds is 5. The zero-order chi connectivity index (χ0) is 16.1. The molecule has 22 heavy (non-hydrogen) atoms. The van der Waals surface area contributed by atoms with E-state index < -0.39 is 0 Å². The van der Waals surface area contributed by atoms with Crippen LogP contribution in [0, 0.1) is 13.8 Å². The SMILES string of the molecule is CCN(CC)c1ccc(/C=N\n2c(C)cc(C)cc2=O)cc1. The molecule has 116 valence electrons. The van der Waals surface area contributed by atoms with Crippen molar-refractivity contribution in [3.63, 3.8) is 0 Å². The summed E-state index contributed by atoms with van der Waals surface area (Å²) >= 11 is 0. The Morgan fingerprint density at radius 1 is 1.09 bits per heavy atom. The Hall–Kier alpha value is -2.36. The molecule has 0 bridgehead atoms. The van der Waals surface area contributed by atoms with E-state index >= 15 is 0 Å². The van der Waals surface area contributed by atoms with Gasteiger partial charge in [0, 0.05) is 30.5 Å². The first-order valence-electron chi connectivity index (χ1n) is 7.64. The van der Waals surface area contributed by atoms with E-state index in [4.69, 9.17) is 0 Å². The predicted molar refractivity (Wildman–Crippen MR) is 93.2 cm³/mol. The zero-order valence-corrected chi connectivity index (χ0v) is 13.7. The molecule has 0 amide bonds. The van der Waals surface area contributed by atoms with Gasteiger partial charge in [-0.15, -0.1) is 0 Å². The highest BCUT2D eigenvalue weighted by Crippen LogP contribution is 2.14. The highest BCUT2D eigenvalue weighted by atomic mass is 16.1. The number of benzene rings is 1. The second-order valence-electron chi connectivity index (χ2n) is 5.33. The molecule has 1 heterocycles. The third-order valence-electron chi connectivity index (χ3n) is 3.67. The molecule has 2 rings (SSSR count). The topological polar surface area (TPSA) is 37.6 Å². The van der Waals surface area contributed by atoms with Crippen LogP contribution in [-0.2, 0) is 0 Å². The van der Waals surface area contributed by atoms with E-state index in [2.05, 4.69) is 36.0 Å². The second kappa shape index (κ2) is 7.07. The molecule has 0 fully saturated rings. The first-order chi connectivity index (χ1) is 10.5. The molecule has 4 heteroatoms. The van der Waals surface area contributed by atoms with Crippen LogP contribution in [0.25, 0.3) is 0 Å². The predicted octanol–water partition coefficient (Wildman–Crippen LogP) is 3.19. The van der Waals surface area contributed by atoms with Crippen molar-refractivity contribution < 1.29 is 0 Å². The summed E-state index contributed by atoms with van der Waals surface area (Å²) in [6.45, 7) is 10.1. The fraction of sp³-hybridized carbons (Fsp3) is 0.333. The summed E-state index contributed by atoms with van der Waals surface area (Å²) in [5, 5.41) is 4.30. The molecule has 0 aliphatic carbocycles. The second-order valence-corrected chi connectivity index (χ2v) is 5.33. The summed E-state index contributed by atoms with van der Waals surface area (Å²) in [4.78, 5) is 14.2. The quantitative estimate of drug-likeness (QED) is 0.795. The molecule has 0 atom stereocenters. The minimum absolute atomic E-state index is 0.103. The molecule has 2 aromatic rings. The van der Waals surface area contributed by atoms with Gasteiger partial charge in [0.2, 0.25) is 0 Å². The summed E-state index contributed by atoms with van der Waals surface area (Å²) in [5.74, 6) is 0. The Kier molecular flexibility index (Phi) is 5.15. The maximum atomic E-state index is 11.9. The van der Waals surface area contributed by atoms with Gasteiger partial charge in [-0.1, -0.05) is 12.1 Å². The molecule has 0 spiro atoms. The van der Waals surface area contributed by atoms with Gasteiger partial charge in [-0.25, -0.2) is 4.68 Å². The maximum absolute atomic E-state index is 11.9. The van der Waals surface area contributed by atoms with Crippen LogP contribution in [0.5, 0.6) is 0 Å². The average molecular weight is 297 g/mol. The first-order valence-corrected chi connectivity index (χ1v) is 7.64. The maximum Gasteiger partial charge on any atom is 0.271 e. The third-order valence-corrected chi connectivity index (χ3v) is 3.67. The molecule has 4 nitrogen and oxygen atoms in total. The summed E-state index contributed by atoms with van der Waals surface area (Å²) in [6.07, 6.45) is 1.72. The van der Waals surface area contributed by atoms with E-state index in [0.717, 1.165) is 29.9 Å². The van der Waals surface area contributed by atoms with Gasteiger partial charge in [0.15, 0.2) is 0 Å². The van der Waals surface area contributed by atoms with Crippen LogP contribution in [0.3, 0.4) is 0 Å². The fourth-order valence-electron chi connectivity index (χ4n) is 2.49. The van der Waals surface area contributed by atoms with Crippen LogP contribution >= 0.6 is 0 Å². The minimum Gasteiger partial charge on any atom is -0.372 e. The van der Waals surface area contributed by atoms with Crippen LogP contribution in [0.15, 0.2) is 46.3 Å². The van der Waals surface area contributed by atoms with Crippen LogP contribution < -0.4 is 10.5 Å². The normalized spacial score (nSPS) is 11.1.